The predicted molar refractivity (Wildman–Crippen MR) is 126 cm³/mol. The van der Waals surface area contributed by atoms with E-state index in [1.54, 1.807) is 16.0 Å². The molecule has 9 heteroatoms. The molecule has 1 atom stereocenters. The third-order valence-corrected chi connectivity index (χ3v) is 6.29. The third kappa shape index (κ3) is 5.13. The summed E-state index contributed by atoms with van der Waals surface area (Å²) >= 11 is 0. The Labute approximate surface area is 194 Å². The van der Waals surface area contributed by atoms with Crippen molar-refractivity contribution in [2.24, 2.45) is 10.7 Å². The summed E-state index contributed by atoms with van der Waals surface area (Å²) in [6, 6.07) is 4.10. The van der Waals surface area contributed by atoms with Gasteiger partial charge in [0, 0.05) is 48.2 Å². The van der Waals surface area contributed by atoms with E-state index < -0.39 is 6.09 Å². The zero-order chi connectivity index (χ0) is 23.4. The summed E-state index contributed by atoms with van der Waals surface area (Å²) in [5.74, 6) is 0.467. The van der Waals surface area contributed by atoms with E-state index in [9.17, 15) is 9.59 Å². The van der Waals surface area contributed by atoms with Crippen LogP contribution in [0.25, 0.3) is 5.57 Å². The second-order valence-corrected chi connectivity index (χ2v) is 8.58. The van der Waals surface area contributed by atoms with Crippen molar-refractivity contribution in [1.82, 2.24) is 4.90 Å². The maximum absolute atomic E-state index is 12.8. The van der Waals surface area contributed by atoms with Crippen LogP contribution in [0.1, 0.15) is 37.3 Å². The zero-order valence-corrected chi connectivity index (χ0v) is 19.3. The van der Waals surface area contributed by atoms with Gasteiger partial charge in [0.2, 0.25) is 0 Å². The summed E-state index contributed by atoms with van der Waals surface area (Å²) in [6.45, 7) is 4.05. The molecule has 9 nitrogen and oxygen atoms in total. The highest BCUT2D eigenvalue weighted by Crippen LogP contribution is 2.41. The van der Waals surface area contributed by atoms with Gasteiger partial charge in [0.15, 0.2) is 6.61 Å². The Morgan fingerprint density at radius 1 is 1.24 bits per heavy atom. The van der Waals surface area contributed by atoms with Crippen molar-refractivity contribution in [3.63, 3.8) is 0 Å². The van der Waals surface area contributed by atoms with Crippen LogP contribution in [-0.4, -0.2) is 75.2 Å². The van der Waals surface area contributed by atoms with Gasteiger partial charge in [0.25, 0.3) is 5.91 Å². The molecule has 178 valence electrons. The molecule has 1 saturated carbocycles. The summed E-state index contributed by atoms with van der Waals surface area (Å²) in [6.07, 6.45) is 6.49. The van der Waals surface area contributed by atoms with Crippen molar-refractivity contribution < 1.29 is 23.8 Å². The average molecular weight is 457 g/mol. The molecule has 1 aromatic rings. The Kier molecular flexibility index (Phi) is 7.17. The van der Waals surface area contributed by atoms with Gasteiger partial charge in [-0.3, -0.25) is 14.7 Å². The van der Waals surface area contributed by atoms with Gasteiger partial charge in [0.05, 0.1) is 32.1 Å². The number of allylic oxidation sites excluding steroid dienone is 1. The van der Waals surface area contributed by atoms with E-state index in [1.165, 1.54) is 13.3 Å². The monoisotopic (exact) mass is 456 g/mol. The Hall–Kier alpha value is -3.07. The van der Waals surface area contributed by atoms with E-state index in [2.05, 4.69) is 4.99 Å². The molecule has 2 N–H and O–H groups in total. The first-order valence-electron chi connectivity index (χ1n) is 11.5. The van der Waals surface area contributed by atoms with E-state index in [0.29, 0.717) is 44.5 Å². The van der Waals surface area contributed by atoms with E-state index in [0.717, 1.165) is 41.6 Å². The maximum atomic E-state index is 12.8. The number of benzene rings is 1. The fourth-order valence-corrected chi connectivity index (χ4v) is 4.22. The molecule has 0 spiro atoms. The lowest BCUT2D eigenvalue weighted by molar-refractivity contribution is -0.137. The summed E-state index contributed by atoms with van der Waals surface area (Å²) < 4.78 is 16.5. The largest absolute Gasteiger partial charge is 0.483 e. The minimum Gasteiger partial charge on any atom is -0.483 e. The number of nitrogens with zero attached hydrogens (tertiary/aromatic N) is 3. The predicted octanol–water partition coefficient (Wildman–Crippen LogP) is 2.36. The molecule has 2 heterocycles. The average Bonchev–Trinajstić information content (AvgIpc) is 3.67. The van der Waals surface area contributed by atoms with E-state index in [4.69, 9.17) is 19.9 Å². The van der Waals surface area contributed by atoms with Crippen LogP contribution in [-0.2, 0) is 20.7 Å². The SMILES string of the molecule is COC(=O)N1c2ccc(C(C=NC3CC3)=CN)c(OCC(=O)N3CCOCC3)c2CC[C@@H]1C. The van der Waals surface area contributed by atoms with Gasteiger partial charge < -0.3 is 24.8 Å². The van der Waals surface area contributed by atoms with Crippen molar-refractivity contribution in [2.75, 3.05) is 44.9 Å². The van der Waals surface area contributed by atoms with Crippen molar-refractivity contribution >= 4 is 29.5 Å². The van der Waals surface area contributed by atoms with Gasteiger partial charge in [-0.05, 0) is 44.7 Å². The number of aliphatic imine (C=N–C) groups is 1. The molecule has 2 fully saturated rings. The highest BCUT2D eigenvalue weighted by Gasteiger charge is 2.32. The smallest absolute Gasteiger partial charge is 0.414 e. The summed E-state index contributed by atoms with van der Waals surface area (Å²) in [4.78, 5) is 33.3. The van der Waals surface area contributed by atoms with Crippen LogP contribution in [0.3, 0.4) is 0 Å². The lowest BCUT2D eigenvalue weighted by atomic mass is 9.92. The highest BCUT2D eigenvalue weighted by molar-refractivity contribution is 6.11. The number of anilines is 1. The van der Waals surface area contributed by atoms with Crippen molar-refractivity contribution in [3.8, 4) is 5.75 Å². The summed E-state index contributed by atoms with van der Waals surface area (Å²) in [7, 11) is 1.37. The number of carbonyl (C=O) groups excluding carboxylic acids is 2. The van der Waals surface area contributed by atoms with E-state index in [1.807, 2.05) is 19.1 Å². The molecule has 2 aliphatic heterocycles. The van der Waals surface area contributed by atoms with Crippen LogP contribution in [0.5, 0.6) is 5.75 Å². The first-order chi connectivity index (χ1) is 16.0. The van der Waals surface area contributed by atoms with Crippen LogP contribution in [0.4, 0.5) is 10.5 Å². The van der Waals surface area contributed by atoms with E-state index in [-0.39, 0.29) is 18.6 Å². The summed E-state index contributed by atoms with van der Waals surface area (Å²) in [5, 5.41) is 0. The number of hydrogen-bond donors (Lipinski definition) is 1. The number of nitrogens with two attached hydrogens (primary N) is 1. The molecule has 0 aromatic heterocycles. The lowest BCUT2D eigenvalue weighted by Crippen LogP contribution is -2.43. The van der Waals surface area contributed by atoms with Crippen LogP contribution in [0.15, 0.2) is 23.3 Å². The molecule has 1 saturated heterocycles. The second kappa shape index (κ2) is 10.2. The number of rotatable bonds is 6. The van der Waals surface area contributed by atoms with E-state index >= 15 is 0 Å². The standard InChI is InChI=1S/C24H32N4O5/c1-16-3-6-20-21(28(16)24(30)31-2)8-7-19(17(13-25)14-26-18-4-5-18)23(20)33-15-22(29)27-9-11-32-12-10-27/h7-8,13-14,16,18H,3-6,9-12,15,25H2,1-2H3/t16-/m0/s1. The maximum Gasteiger partial charge on any atom is 0.414 e. The van der Waals surface area contributed by atoms with Gasteiger partial charge in [-0.15, -0.1) is 0 Å². The van der Waals surface area contributed by atoms with Crippen LogP contribution < -0.4 is 15.4 Å². The van der Waals surface area contributed by atoms with Gasteiger partial charge in [-0.2, -0.15) is 0 Å². The molecular formula is C24H32N4O5. The number of methoxy groups -OCH3 is 1. The Morgan fingerprint density at radius 2 is 2.00 bits per heavy atom. The molecule has 0 unspecified atom stereocenters. The van der Waals surface area contributed by atoms with Gasteiger partial charge in [-0.1, -0.05) is 0 Å². The molecule has 0 bridgehead atoms. The number of hydrogen-bond acceptors (Lipinski definition) is 7. The third-order valence-electron chi connectivity index (χ3n) is 6.29. The second-order valence-electron chi connectivity index (χ2n) is 8.58. The minimum absolute atomic E-state index is 0.0143. The molecule has 0 radical (unpaired) electrons. The van der Waals surface area contributed by atoms with Gasteiger partial charge in [-0.25, -0.2) is 4.79 Å². The Balaban J connectivity index is 1.68. The van der Waals surface area contributed by atoms with Crippen molar-refractivity contribution in [3.05, 3.63) is 29.5 Å². The normalized spacial score (nSPS) is 21.2. The number of carbonyl (C=O) groups is 2. The van der Waals surface area contributed by atoms with Crippen LogP contribution in [0, 0.1) is 0 Å². The molecule has 1 aliphatic carbocycles. The number of morpholine rings is 1. The number of ether oxygens (including phenoxy) is 3. The molecule has 33 heavy (non-hydrogen) atoms. The zero-order valence-electron chi connectivity index (χ0n) is 19.3. The van der Waals surface area contributed by atoms with Crippen LogP contribution in [0.2, 0.25) is 0 Å². The quantitative estimate of drug-likeness (QED) is 0.659. The number of fused-ring (bicyclic) bond motifs is 1. The number of amides is 2. The summed E-state index contributed by atoms with van der Waals surface area (Å²) in [5.41, 5.74) is 9.04. The first kappa shape index (κ1) is 23.1. The lowest BCUT2D eigenvalue weighted by Gasteiger charge is -2.35. The fourth-order valence-electron chi connectivity index (χ4n) is 4.22. The fraction of sp³-hybridized carbons (Fsp3) is 0.542. The van der Waals surface area contributed by atoms with Gasteiger partial charge >= 0.3 is 6.09 Å². The Morgan fingerprint density at radius 3 is 2.67 bits per heavy atom. The molecule has 1 aromatic carbocycles. The highest BCUT2D eigenvalue weighted by atomic mass is 16.5. The van der Waals surface area contributed by atoms with Crippen molar-refractivity contribution in [2.45, 2.75) is 44.7 Å². The topological polar surface area (TPSA) is 107 Å². The molecule has 3 aliphatic rings. The molecule has 4 rings (SSSR count). The molecular weight excluding hydrogens is 424 g/mol. The first-order valence-corrected chi connectivity index (χ1v) is 11.5. The van der Waals surface area contributed by atoms with Gasteiger partial charge in [0.1, 0.15) is 5.75 Å². The molecule has 2 amide bonds. The minimum atomic E-state index is -0.420. The van der Waals surface area contributed by atoms with Crippen LogP contribution >= 0.6 is 0 Å². The Bertz CT molecular complexity index is 950. The van der Waals surface area contributed by atoms with Crippen molar-refractivity contribution in [1.29, 1.82) is 0 Å².